The third-order valence-electron chi connectivity index (χ3n) is 3.27. The summed E-state index contributed by atoms with van der Waals surface area (Å²) >= 11 is 0. The SMILES string of the molecule is Cc1ccc(C(O)C(C)NCc2ccncc2)cc1. The van der Waals surface area contributed by atoms with Crippen molar-refractivity contribution in [3.63, 3.8) is 0 Å². The maximum Gasteiger partial charge on any atom is 0.0940 e. The van der Waals surface area contributed by atoms with E-state index in [1.54, 1.807) is 12.4 Å². The summed E-state index contributed by atoms with van der Waals surface area (Å²) in [5.41, 5.74) is 3.31. The van der Waals surface area contributed by atoms with Crippen molar-refractivity contribution in [2.24, 2.45) is 0 Å². The summed E-state index contributed by atoms with van der Waals surface area (Å²) < 4.78 is 0. The van der Waals surface area contributed by atoms with Crippen LogP contribution in [0.5, 0.6) is 0 Å². The molecule has 0 saturated heterocycles. The number of nitrogens with one attached hydrogen (secondary N) is 1. The lowest BCUT2D eigenvalue weighted by atomic mass is 10.0. The van der Waals surface area contributed by atoms with Gasteiger partial charge >= 0.3 is 0 Å². The monoisotopic (exact) mass is 256 g/mol. The molecule has 0 aliphatic carbocycles. The maximum atomic E-state index is 10.3. The molecule has 2 aromatic rings. The van der Waals surface area contributed by atoms with Gasteiger partial charge in [0.05, 0.1) is 6.10 Å². The number of rotatable bonds is 5. The molecule has 0 amide bonds. The highest BCUT2D eigenvalue weighted by molar-refractivity contribution is 5.24. The highest BCUT2D eigenvalue weighted by Gasteiger charge is 2.15. The zero-order valence-electron chi connectivity index (χ0n) is 11.4. The summed E-state index contributed by atoms with van der Waals surface area (Å²) in [5.74, 6) is 0. The molecule has 0 aliphatic rings. The molecule has 100 valence electrons. The second kappa shape index (κ2) is 6.45. The Morgan fingerprint density at radius 1 is 1.11 bits per heavy atom. The number of aryl methyl sites for hydroxylation is 1. The van der Waals surface area contributed by atoms with Crippen molar-refractivity contribution in [1.29, 1.82) is 0 Å². The number of hydrogen-bond donors (Lipinski definition) is 2. The summed E-state index contributed by atoms with van der Waals surface area (Å²) in [6.45, 7) is 4.76. The molecule has 0 saturated carbocycles. The third kappa shape index (κ3) is 3.88. The van der Waals surface area contributed by atoms with Crippen LogP contribution < -0.4 is 5.32 Å². The molecule has 3 heteroatoms. The molecular formula is C16H20N2O. The number of pyridine rings is 1. The van der Waals surface area contributed by atoms with Crippen molar-refractivity contribution in [2.45, 2.75) is 32.5 Å². The van der Waals surface area contributed by atoms with E-state index in [1.165, 1.54) is 5.56 Å². The molecule has 1 aromatic carbocycles. The number of hydrogen-bond acceptors (Lipinski definition) is 3. The zero-order valence-corrected chi connectivity index (χ0v) is 11.4. The summed E-state index contributed by atoms with van der Waals surface area (Å²) in [7, 11) is 0. The van der Waals surface area contributed by atoms with Crippen LogP contribution in [0.4, 0.5) is 0 Å². The third-order valence-corrected chi connectivity index (χ3v) is 3.27. The lowest BCUT2D eigenvalue weighted by molar-refractivity contribution is 0.135. The van der Waals surface area contributed by atoms with Crippen LogP contribution >= 0.6 is 0 Å². The number of aromatic nitrogens is 1. The van der Waals surface area contributed by atoms with Gasteiger partial charge in [-0.25, -0.2) is 0 Å². The number of benzene rings is 1. The van der Waals surface area contributed by atoms with E-state index < -0.39 is 6.10 Å². The van der Waals surface area contributed by atoms with E-state index >= 15 is 0 Å². The smallest absolute Gasteiger partial charge is 0.0940 e. The van der Waals surface area contributed by atoms with E-state index in [2.05, 4.69) is 10.3 Å². The molecule has 2 atom stereocenters. The Hall–Kier alpha value is -1.71. The highest BCUT2D eigenvalue weighted by Crippen LogP contribution is 2.17. The molecule has 0 aliphatic heterocycles. The fraction of sp³-hybridized carbons (Fsp3) is 0.312. The molecule has 1 aromatic heterocycles. The van der Waals surface area contributed by atoms with Crippen molar-refractivity contribution in [3.05, 3.63) is 65.5 Å². The summed E-state index contributed by atoms with van der Waals surface area (Å²) in [6.07, 6.45) is 3.05. The number of nitrogens with zero attached hydrogens (tertiary/aromatic N) is 1. The maximum absolute atomic E-state index is 10.3. The van der Waals surface area contributed by atoms with Gasteiger partial charge in [0.25, 0.3) is 0 Å². The van der Waals surface area contributed by atoms with Gasteiger partial charge in [0.1, 0.15) is 0 Å². The molecule has 0 radical (unpaired) electrons. The van der Waals surface area contributed by atoms with Crippen LogP contribution in [0.25, 0.3) is 0 Å². The minimum Gasteiger partial charge on any atom is -0.387 e. The molecule has 0 bridgehead atoms. The lowest BCUT2D eigenvalue weighted by Crippen LogP contribution is -2.31. The Kier molecular flexibility index (Phi) is 4.66. The Labute approximate surface area is 114 Å². The van der Waals surface area contributed by atoms with Gasteiger partial charge in [-0.3, -0.25) is 4.98 Å². The van der Waals surface area contributed by atoms with Crippen LogP contribution in [0.1, 0.15) is 29.7 Å². The van der Waals surface area contributed by atoms with Gasteiger partial charge in [-0.05, 0) is 37.1 Å². The quantitative estimate of drug-likeness (QED) is 0.864. The molecule has 0 spiro atoms. The largest absolute Gasteiger partial charge is 0.387 e. The van der Waals surface area contributed by atoms with Crippen LogP contribution in [0.3, 0.4) is 0 Å². The average Bonchev–Trinajstić information content (AvgIpc) is 2.46. The molecule has 0 fully saturated rings. The molecule has 2 unspecified atom stereocenters. The summed E-state index contributed by atoms with van der Waals surface area (Å²) in [4.78, 5) is 3.99. The van der Waals surface area contributed by atoms with Gasteiger partial charge in [-0.1, -0.05) is 29.8 Å². The lowest BCUT2D eigenvalue weighted by Gasteiger charge is -2.21. The van der Waals surface area contributed by atoms with Crippen LogP contribution in [0.15, 0.2) is 48.8 Å². The van der Waals surface area contributed by atoms with E-state index in [-0.39, 0.29) is 6.04 Å². The first-order chi connectivity index (χ1) is 9.16. The molecular weight excluding hydrogens is 236 g/mol. The van der Waals surface area contributed by atoms with E-state index in [4.69, 9.17) is 0 Å². The molecule has 2 N–H and O–H groups in total. The summed E-state index contributed by atoms with van der Waals surface area (Å²) in [5, 5.41) is 13.6. The fourth-order valence-corrected chi connectivity index (χ4v) is 1.94. The fourth-order valence-electron chi connectivity index (χ4n) is 1.94. The second-order valence-corrected chi connectivity index (χ2v) is 4.88. The second-order valence-electron chi connectivity index (χ2n) is 4.88. The topological polar surface area (TPSA) is 45.1 Å². The van der Waals surface area contributed by atoms with E-state index in [9.17, 15) is 5.11 Å². The first-order valence-electron chi connectivity index (χ1n) is 6.54. The Morgan fingerprint density at radius 2 is 1.74 bits per heavy atom. The zero-order chi connectivity index (χ0) is 13.7. The highest BCUT2D eigenvalue weighted by atomic mass is 16.3. The van der Waals surface area contributed by atoms with Crippen LogP contribution in [0.2, 0.25) is 0 Å². The van der Waals surface area contributed by atoms with Crippen molar-refractivity contribution >= 4 is 0 Å². The number of aliphatic hydroxyl groups excluding tert-OH is 1. The van der Waals surface area contributed by atoms with Gasteiger partial charge in [-0.2, -0.15) is 0 Å². The van der Waals surface area contributed by atoms with E-state index in [0.717, 1.165) is 17.7 Å². The van der Waals surface area contributed by atoms with Crippen molar-refractivity contribution in [1.82, 2.24) is 10.3 Å². The van der Waals surface area contributed by atoms with Crippen molar-refractivity contribution < 1.29 is 5.11 Å². The minimum atomic E-state index is -0.498. The normalized spacial score (nSPS) is 14.1. The van der Waals surface area contributed by atoms with Crippen LogP contribution in [-0.4, -0.2) is 16.1 Å². The van der Waals surface area contributed by atoms with Gasteiger partial charge in [0, 0.05) is 25.0 Å². The first kappa shape index (κ1) is 13.7. The van der Waals surface area contributed by atoms with Crippen LogP contribution in [0, 0.1) is 6.92 Å². The van der Waals surface area contributed by atoms with Gasteiger partial charge in [-0.15, -0.1) is 0 Å². The van der Waals surface area contributed by atoms with Gasteiger partial charge < -0.3 is 10.4 Å². The Balaban J connectivity index is 1.92. The van der Waals surface area contributed by atoms with Crippen LogP contribution in [-0.2, 0) is 6.54 Å². The van der Waals surface area contributed by atoms with Crippen molar-refractivity contribution in [2.75, 3.05) is 0 Å². The first-order valence-corrected chi connectivity index (χ1v) is 6.54. The molecule has 2 rings (SSSR count). The minimum absolute atomic E-state index is 0.00382. The predicted molar refractivity (Wildman–Crippen MR) is 76.7 cm³/mol. The predicted octanol–water partition coefficient (Wildman–Crippen LogP) is 2.60. The molecule has 19 heavy (non-hydrogen) atoms. The van der Waals surface area contributed by atoms with Crippen molar-refractivity contribution in [3.8, 4) is 0 Å². The standard InChI is InChI=1S/C16H20N2O/c1-12-3-5-15(6-4-12)16(19)13(2)18-11-14-7-9-17-10-8-14/h3-10,13,16,18-19H,11H2,1-2H3. The van der Waals surface area contributed by atoms with E-state index in [1.807, 2.05) is 50.2 Å². The molecule has 1 heterocycles. The Morgan fingerprint density at radius 3 is 2.37 bits per heavy atom. The van der Waals surface area contributed by atoms with Gasteiger partial charge in [0.15, 0.2) is 0 Å². The number of aliphatic hydroxyl groups is 1. The molecule has 3 nitrogen and oxygen atoms in total. The van der Waals surface area contributed by atoms with Gasteiger partial charge in [0.2, 0.25) is 0 Å². The Bertz CT molecular complexity index is 496. The van der Waals surface area contributed by atoms with E-state index in [0.29, 0.717) is 0 Å². The summed E-state index contributed by atoms with van der Waals surface area (Å²) in [6, 6.07) is 11.9. The average molecular weight is 256 g/mol.